The van der Waals surface area contributed by atoms with Crippen molar-refractivity contribution in [1.29, 1.82) is 0 Å². The Bertz CT molecular complexity index is 456. The first-order chi connectivity index (χ1) is 8.31. The number of amides is 1. The average molecular weight is 233 g/mol. The zero-order valence-electron chi connectivity index (χ0n) is 9.63. The Morgan fingerprint density at radius 3 is 2.59 bits per heavy atom. The molecule has 1 amide bonds. The number of carbonyl (C=O) groups is 1. The number of rotatable bonds is 3. The largest absolute Gasteiger partial charge is 0.341 e. The third kappa shape index (κ3) is 1.64. The smallest absolute Gasteiger partial charge is 0.233 e. The van der Waals surface area contributed by atoms with Gasteiger partial charge >= 0.3 is 0 Å². The van der Waals surface area contributed by atoms with Gasteiger partial charge in [0.1, 0.15) is 0 Å². The summed E-state index contributed by atoms with van der Waals surface area (Å²) < 4.78 is 5.27. The summed E-state index contributed by atoms with van der Waals surface area (Å²) in [6.07, 6.45) is 4.53. The second-order valence-electron chi connectivity index (χ2n) is 5.48. The third-order valence-corrected chi connectivity index (χ3v) is 3.87. The Hall–Kier alpha value is -1.39. The lowest BCUT2D eigenvalue weighted by atomic mass is 9.99. The van der Waals surface area contributed by atoms with E-state index in [0.717, 1.165) is 37.6 Å². The van der Waals surface area contributed by atoms with Gasteiger partial charge in [-0.05, 0) is 25.7 Å². The van der Waals surface area contributed by atoms with Crippen molar-refractivity contribution in [2.24, 2.45) is 5.92 Å². The highest BCUT2D eigenvalue weighted by Gasteiger charge is 2.42. The minimum absolute atomic E-state index is 0.276. The van der Waals surface area contributed by atoms with Crippen molar-refractivity contribution in [1.82, 2.24) is 15.0 Å². The maximum absolute atomic E-state index is 11.7. The molecule has 2 heterocycles. The first-order valence-electron chi connectivity index (χ1n) is 6.43. The zero-order chi connectivity index (χ0) is 11.4. The van der Waals surface area contributed by atoms with Gasteiger partial charge in [0, 0.05) is 24.9 Å². The van der Waals surface area contributed by atoms with Crippen LogP contribution >= 0.6 is 0 Å². The molecule has 1 aromatic rings. The van der Waals surface area contributed by atoms with Crippen molar-refractivity contribution >= 4 is 5.91 Å². The summed E-state index contributed by atoms with van der Waals surface area (Å²) in [6, 6.07) is 0. The second-order valence-corrected chi connectivity index (χ2v) is 5.48. The van der Waals surface area contributed by atoms with Gasteiger partial charge in [-0.1, -0.05) is 5.16 Å². The van der Waals surface area contributed by atoms with Crippen molar-refractivity contribution in [3.8, 4) is 0 Å². The molecule has 1 aliphatic heterocycles. The van der Waals surface area contributed by atoms with Crippen LogP contribution in [0, 0.1) is 5.92 Å². The van der Waals surface area contributed by atoms with Gasteiger partial charge in [-0.25, -0.2) is 0 Å². The molecule has 0 aromatic carbocycles. The fraction of sp³-hybridized carbons (Fsp3) is 0.750. The van der Waals surface area contributed by atoms with E-state index in [2.05, 4.69) is 10.1 Å². The highest BCUT2D eigenvalue weighted by Crippen LogP contribution is 2.39. The highest BCUT2D eigenvalue weighted by atomic mass is 16.5. The van der Waals surface area contributed by atoms with Gasteiger partial charge < -0.3 is 9.42 Å². The first-order valence-corrected chi connectivity index (χ1v) is 6.43. The molecule has 3 fully saturated rings. The number of carbonyl (C=O) groups excluding carboxylic acids is 1. The minimum atomic E-state index is 0.276. The Labute approximate surface area is 99.2 Å². The van der Waals surface area contributed by atoms with E-state index in [4.69, 9.17) is 4.52 Å². The van der Waals surface area contributed by atoms with Crippen molar-refractivity contribution < 1.29 is 9.32 Å². The summed E-state index contributed by atoms with van der Waals surface area (Å²) in [5.74, 6) is 3.05. The van der Waals surface area contributed by atoms with Crippen LogP contribution in [0.2, 0.25) is 0 Å². The maximum atomic E-state index is 11.7. The molecule has 0 unspecified atom stereocenters. The van der Waals surface area contributed by atoms with Crippen LogP contribution in [0.4, 0.5) is 0 Å². The molecule has 3 aliphatic rings. The zero-order valence-corrected chi connectivity index (χ0v) is 9.63. The number of hydrogen-bond donors (Lipinski definition) is 0. The average Bonchev–Trinajstić information content (AvgIpc) is 3.16. The molecule has 4 rings (SSSR count). The molecule has 0 atom stereocenters. The minimum Gasteiger partial charge on any atom is -0.341 e. The van der Waals surface area contributed by atoms with E-state index < -0.39 is 0 Å². The van der Waals surface area contributed by atoms with Crippen molar-refractivity contribution in [3.63, 3.8) is 0 Å². The number of hydrogen-bond acceptors (Lipinski definition) is 4. The van der Waals surface area contributed by atoms with Gasteiger partial charge in [0.15, 0.2) is 5.82 Å². The number of nitrogens with zero attached hydrogens (tertiary/aromatic N) is 3. The fourth-order valence-corrected chi connectivity index (χ4v) is 2.32. The predicted molar refractivity (Wildman–Crippen MR) is 58.3 cm³/mol. The van der Waals surface area contributed by atoms with E-state index in [9.17, 15) is 4.79 Å². The van der Waals surface area contributed by atoms with Crippen LogP contribution in [0.1, 0.15) is 49.2 Å². The first kappa shape index (κ1) is 9.62. The molecule has 2 aliphatic carbocycles. The van der Waals surface area contributed by atoms with Crippen molar-refractivity contribution in [2.45, 2.75) is 37.5 Å². The molecular weight excluding hydrogens is 218 g/mol. The predicted octanol–water partition coefficient (Wildman–Crippen LogP) is 1.28. The van der Waals surface area contributed by atoms with Gasteiger partial charge in [-0.3, -0.25) is 4.79 Å². The number of aromatic nitrogens is 2. The van der Waals surface area contributed by atoms with Gasteiger partial charge in [-0.2, -0.15) is 4.98 Å². The van der Waals surface area contributed by atoms with Crippen LogP contribution in [0.3, 0.4) is 0 Å². The fourth-order valence-electron chi connectivity index (χ4n) is 2.32. The van der Waals surface area contributed by atoms with Crippen molar-refractivity contribution in [3.05, 3.63) is 11.7 Å². The molecule has 0 bridgehead atoms. The maximum Gasteiger partial charge on any atom is 0.233 e. The van der Waals surface area contributed by atoms with Crippen LogP contribution < -0.4 is 0 Å². The highest BCUT2D eigenvalue weighted by molar-refractivity contribution is 5.81. The van der Waals surface area contributed by atoms with E-state index in [1.165, 1.54) is 12.8 Å². The van der Waals surface area contributed by atoms with E-state index in [0.29, 0.717) is 17.7 Å². The molecule has 0 spiro atoms. The van der Waals surface area contributed by atoms with Gasteiger partial charge in [0.2, 0.25) is 11.8 Å². The summed E-state index contributed by atoms with van der Waals surface area (Å²) >= 11 is 0. The quantitative estimate of drug-likeness (QED) is 0.789. The van der Waals surface area contributed by atoms with E-state index >= 15 is 0 Å². The summed E-state index contributed by atoms with van der Waals surface area (Å²) in [5, 5.41) is 4.01. The normalized spacial score (nSPS) is 24.8. The Balaban J connectivity index is 1.38. The molecule has 17 heavy (non-hydrogen) atoms. The van der Waals surface area contributed by atoms with Crippen LogP contribution in [-0.2, 0) is 4.79 Å². The summed E-state index contributed by atoms with van der Waals surface area (Å²) in [5.41, 5.74) is 0. The van der Waals surface area contributed by atoms with Crippen LogP contribution in [-0.4, -0.2) is 34.0 Å². The molecule has 5 heteroatoms. The Kier molecular flexibility index (Phi) is 1.87. The van der Waals surface area contributed by atoms with Gasteiger partial charge in [-0.15, -0.1) is 0 Å². The molecule has 1 saturated heterocycles. The standard InChI is InChI=1S/C12H15N3O2/c16-12(8-3-4-8)15-5-9(6-15)11-13-10(14-17-11)7-1-2-7/h7-9H,1-6H2. The van der Waals surface area contributed by atoms with Crippen LogP contribution in [0.5, 0.6) is 0 Å². The van der Waals surface area contributed by atoms with Crippen molar-refractivity contribution in [2.75, 3.05) is 13.1 Å². The summed E-state index contributed by atoms with van der Waals surface area (Å²) in [6.45, 7) is 1.53. The number of likely N-dealkylation sites (tertiary alicyclic amines) is 1. The molecule has 0 radical (unpaired) electrons. The third-order valence-electron chi connectivity index (χ3n) is 3.87. The van der Waals surface area contributed by atoms with E-state index in [1.54, 1.807) is 0 Å². The molecule has 90 valence electrons. The van der Waals surface area contributed by atoms with Gasteiger partial charge in [0.05, 0.1) is 5.92 Å². The Morgan fingerprint density at radius 2 is 1.94 bits per heavy atom. The lowest BCUT2D eigenvalue weighted by Gasteiger charge is -2.37. The summed E-state index contributed by atoms with van der Waals surface area (Å²) in [7, 11) is 0. The molecule has 5 nitrogen and oxygen atoms in total. The molecule has 2 saturated carbocycles. The lowest BCUT2D eigenvalue weighted by Crippen LogP contribution is -2.49. The van der Waals surface area contributed by atoms with Crippen LogP contribution in [0.15, 0.2) is 4.52 Å². The lowest BCUT2D eigenvalue weighted by molar-refractivity contribution is -0.137. The second kappa shape index (κ2) is 3.31. The molecular formula is C12H15N3O2. The SMILES string of the molecule is O=C(C1CC1)N1CC(c2nc(C3CC3)no2)C1. The van der Waals surface area contributed by atoms with E-state index in [-0.39, 0.29) is 5.92 Å². The van der Waals surface area contributed by atoms with Gasteiger partial charge in [0.25, 0.3) is 0 Å². The monoisotopic (exact) mass is 233 g/mol. The topological polar surface area (TPSA) is 59.2 Å². The summed E-state index contributed by atoms with van der Waals surface area (Å²) in [4.78, 5) is 18.1. The van der Waals surface area contributed by atoms with Crippen LogP contribution in [0.25, 0.3) is 0 Å². The molecule has 1 aromatic heterocycles. The Morgan fingerprint density at radius 1 is 1.18 bits per heavy atom. The van der Waals surface area contributed by atoms with E-state index in [1.807, 2.05) is 4.90 Å². The molecule has 0 N–H and O–H groups in total.